The number of nitrogens with zero attached hydrogens (tertiary/aromatic N) is 2. The number of benzene rings is 2. The number of rotatable bonds is 6. The van der Waals surface area contributed by atoms with E-state index >= 15 is 0 Å². The first-order valence-corrected chi connectivity index (χ1v) is 10.7. The monoisotopic (exact) mass is 421 g/mol. The summed E-state index contributed by atoms with van der Waals surface area (Å²) in [7, 11) is -2.09. The van der Waals surface area contributed by atoms with Crippen molar-refractivity contribution >= 4 is 21.6 Å². The summed E-state index contributed by atoms with van der Waals surface area (Å²) in [5.41, 5.74) is 0.130. The molecule has 3 rings (SSSR count). The normalized spacial score (nSPS) is 16.9. The second-order valence-electron chi connectivity index (χ2n) is 6.76. The molecule has 0 aromatic heterocycles. The summed E-state index contributed by atoms with van der Waals surface area (Å²) in [6.07, 6.45) is 0. The number of methoxy groups -OCH3 is 1. The average molecular weight is 421 g/mol. The Labute approximate surface area is 170 Å². The van der Waals surface area contributed by atoms with E-state index < -0.39 is 21.9 Å². The fraction of sp³-hybridized carbons (Fsp3) is 0.350. The molecule has 0 unspecified atom stereocenters. The molecule has 0 spiro atoms. The third-order valence-electron chi connectivity index (χ3n) is 5.03. The van der Waals surface area contributed by atoms with Crippen molar-refractivity contribution in [3.8, 4) is 5.75 Å². The Hall–Kier alpha value is -2.49. The number of carbonyl (C=O) groups is 1. The van der Waals surface area contributed by atoms with E-state index in [-0.39, 0.29) is 29.6 Å². The van der Waals surface area contributed by atoms with Gasteiger partial charge in [-0.15, -0.1) is 0 Å². The lowest BCUT2D eigenvalue weighted by molar-refractivity contribution is -0.121. The summed E-state index contributed by atoms with van der Waals surface area (Å²) in [5.74, 6) is -0.242. The Kier molecular flexibility index (Phi) is 6.51. The van der Waals surface area contributed by atoms with Crippen LogP contribution in [0.2, 0.25) is 0 Å². The predicted octanol–water partition coefficient (Wildman–Crippen LogP) is 2.17. The molecule has 7 nitrogen and oxygen atoms in total. The number of carbonyl (C=O) groups excluding carboxylic acids is 1. The fourth-order valence-corrected chi connectivity index (χ4v) is 4.62. The number of anilines is 1. The molecule has 2 aromatic carbocycles. The zero-order valence-electron chi connectivity index (χ0n) is 16.3. The minimum Gasteiger partial charge on any atom is -0.497 e. The maximum atomic E-state index is 13.7. The highest BCUT2D eigenvalue weighted by Crippen LogP contribution is 2.21. The van der Waals surface area contributed by atoms with E-state index in [1.165, 1.54) is 35.7 Å². The van der Waals surface area contributed by atoms with Gasteiger partial charge in [-0.1, -0.05) is 12.1 Å². The number of para-hydroxylation sites is 1. The molecule has 1 aliphatic heterocycles. The molecule has 0 radical (unpaired) electrons. The molecule has 0 bridgehead atoms. The Bertz CT molecular complexity index is 958. The molecule has 1 amide bonds. The molecule has 1 heterocycles. The van der Waals surface area contributed by atoms with Crippen LogP contribution in [-0.4, -0.2) is 62.9 Å². The van der Waals surface area contributed by atoms with Crippen LogP contribution in [-0.2, 0) is 14.8 Å². The maximum Gasteiger partial charge on any atom is 0.243 e. The molecule has 1 fully saturated rings. The summed E-state index contributed by atoms with van der Waals surface area (Å²) in [6.45, 7) is 3.07. The third-order valence-corrected chi connectivity index (χ3v) is 6.94. The lowest BCUT2D eigenvalue weighted by atomic mass is 10.2. The van der Waals surface area contributed by atoms with Gasteiger partial charge in [0.1, 0.15) is 11.6 Å². The van der Waals surface area contributed by atoms with Crippen LogP contribution < -0.4 is 10.1 Å². The van der Waals surface area contributed by atoms with Gasteiger partial charge in [-0.25, -0.2) is 12.8 Å². The zero-order valence-corrected chi connectivity index (χ0v) is 17.2. The van der Waals surface area contributed by atoms with Gasteiger partial charge in [0.25, 0.3) is 0 Å². The molecule has 1 aliphatic rings. The highest BCUT2D eigenvalue weighted by molar-refractivity contribution is 7.89. The van der Waals surface area contributed by atoms with Crippen LogP contribution in [0.5, 0.6) is 5.75 Å². The van der Waals surface area contributed by atoms with E-state index in [4.69, 9.17) is 4.74 Å². The third kappa shape index (κ3) is 4.75. The zero-order chi connectivity index (χ0) is 21.0. The van der Waals surface area contributed by atoms with Crippen molar-refractivity contribution in [1.29, 1.82) is 0 Å². The van der Waals surface area contributed by atoms with Crippen LogP contribution >= 0.6 is 0 Å². The summed E-state index contributed by atoms with van der Waals surface area (Å²) in [5, 5.41) is 2.59. The minimum absolute atomic E-state index is 0.130. The first-order chi connectivity index (χ1) is 13.8. The van der Waals surface area contributed by atoms with Gasteiger partial charge in [0, 0.05) is 26.2 Å². The van der Waals surface area contributed by atoms with Gasteiger partial charge in [-0.3, -0.25) is 9.69 Å². The molecule has 0 saturated carbocycles. The van der Waals surface area contributed by atoms with Gasteiger partial charge >= 0.3 is 0 Å². The van der Waals surface area contributed by atoms with Gasteiger partial charge in [-0.2, -0.15) is 4.31 Å². The van der Waals surface area contributed by atoms with Crippen molar-refractivity contribution < 1.29 is 22.3 Å². The van der Waals surface area contributed by atoms with Crippen LogP contribution in [0.3, 0.4) is 0 Å². The average Bonchev–Trinajstić information content (AvgIpc) is 2.75. The van der Waals surface area contributed by atoms with Gasteiger partial charge < -0.3 is 10.1 Å². The molecule has 0 aliphatic carbocycles. The maximum absolute atomic E-state index is 13.7. The Morgan fingerprint density at radius 3 is 2.28 bits per heavy atom. The van der Waals surface area contributed by atoms with E-state index in [1.54, 1.807) is 31.2 Å². The highest BCUT2D eigenvalue weighted by Gasteiger charge is 2.32. The Balaban J connectivity index is 1.60. The van der Waals surface area contributed by atoms with Crippen LogP contribution in [0.25, 0.3) is 0 Å². The lowest BCUT2D eigenvalue weighted by Gasteiger charge is -2.36. The number of sulfonamides is 1. The quantitative estimate of drug-likeness (QED) is 0.773. The fourth-order valence-electron chi connectivity index (χ4n) is 3.19. The molecular formula is C20H24FN3O4S. The van der Waals surface area contributed by atoms with E-state index in [0.29, 0.717) is 18.8 Å². The van der Waals surface area contributed by atoms with Gasteiger partial charge in [-0.05, 0) is 43.3 Å². The first-order valence-electron chi connectivity index (χ1n) is 9.26. The molecule has 1 N–H and O–H groups in total. The number of nitrogens with one attached hydrogen (secondary N) is 1. The van der Waals surface area contributed by atoms with Crippen molar-refractivity contribution in [3.63, 3.8) is 0 Å². The summed E-state index contributed by atoms with van der Waals surface area (Å²) in [4.78, 5) is 14.6. The van der Waals surface area contributed by atoms with Crippen molar-refractivity contribution in [2.75, 3.05) is 38.6 Å². The van der Waals surface area contributed by atoms with Crippen molar-refractivity contribution in [3.05, 3.63) is 54.3 Å². The minimum atomic E-state index is -3.61. The number of hydrogen-bond acceptors (Lipinski definition) is 5. The molecule has 29 heavy (non-hydrogen) atoms. The number of ether oxygens (including phenoxy) is 1. The first kappa shape index (κ1) is 21.2. The van der Waals surface area contributed by atoms with E-state index in [9.17, 15) is 17.6 Å². The number of piperazine rings is 1. The largest absolute Gasteiger partial charge is 0.497 e. The molecule has 156 valence electrons. The lowest BCUT2D eigenvalue weighted by Crippen LogP contribution is -2.53. The van der Waals surface area contributed by atoms with Gasteiger partial charge in [0.15, 0.2) is 0 Å². The summed E-state index contributed by atoms with van der Waals surface area (Å²) < 4.78 is 45.9. The molecule has 2 aromatic rings. The standard InChI is InChI=1S/C20H24FN3O4S/c1-15(20(25)22-19-6-4-3-5-18(19)21)23-11-13-24(14-12-23)29(26,27)17-9-7-16(28-2)8-10-17/h3-10,15H,11-14H2,1-2H3,(H,22,25)/t15-/m1/s1. The molecule has 9 heteroatoms. The number of halogens is 1. The second kappa shape index (κ2) is 8.89. The smallest absolute Gasteiger partial charge is 0.243 e. The number of amides is 1. The second-order valence-corrected chi connectivity index (χ2v) is 8.70. The van der Waals surface area contributed by atoms with Crippen molar-refractivity contribution in [1.82, 2.24) is 9.21 Å². The van der Waals surface area contributed by atoms with E-state index in [0.717, 1.165) is 0 Å². The van der Waals surface area contributed by atoms with Gasteiger partial charge in [0.2, 0.25) is 15.9 Å². The molecule has 1 saturated heterocycles. The van der Waals surface area contributed by atoms with Gasteiger partial charge in [0.05, 0.1) is 23.7 Å². The van der Waals surface area contributed by atoms with Crippen LogP contribution in [0, 0.1) is 5.82 Å². The Morgan fingerprint density at radius 1 is 1.07 bits per heavy atom. The van der Waals surface area contributed by atoms with E-state index in [1.807, 2.05) is 4.90 Å². The predicted molar refractivity (Wildman–Crippen MR) is 108 cm³/mol. The Morgan fingerprint density at radius 2 is 1.69 bits per heavy atom. The summed E-state index contributed by atoms with van der Waals surface area (Å²) >= 11 is 0. The summed E-state index contributed by atoms with van der Waals surface area (Å²) in [6, 6.07) is 11.7. The van der Waals surface area contributed by atoms with Crippen LogP contribution in [0.4, 0.5) is 10.1 Å². The van der Waals surface area contributed by atoms with Crippen LogP contribution in [0.1, 0.15) is 6.92 Å². The van der Waals surface area contributed by atoms with E-state index in [2.05, 4.69) is 5.32 Å². The van der Waals surface area contributed by atoms with Crippen LogP contribution in [0.15, 0.2) is 53.4 Å². The number of hydrogen-bond donors (Lipinski definition) is 1. The van der Waals surface area contributed by atoms with Crippen molar-refractivity contribution in [2.45, 2.75) is 17.9 Å². The highest BCUT2D eigenvalue weighted by atomic mass is 32.2. The SMILES string of the molecule is COc1ccc(S(=O)(=O)N2CCN([C@H](C)C(=O)Nc3ccccc3F)CC2)cc1. The molecule has 1 atom stereocenters. The van der Waals surface area contributed by atoms with Crippen molar-refractivity contribution in [2.24, 2.45) is 0 Å². The molecular weight excluding hydrogens is 397 g/mol. The topological polar surface area (TPSA) is 79.0 Å².